The largest absolute Gasteiger partial charge is 0.469 e. The van der Waals surface area contributed by atoms with Crippen molar-refractivity contribution in [3.05, 3.63) is 24.3 Å². The lowest BCUT2D eigenvalue weighted by atomic mass is 9.88. The van der Waals surface area contributed by atoms with Gasteiger partial charge in [-0.05, 0) is 50.9 Å². The number of hydrogen-bond acceptors (Lipinski definition) is 4. The Morgan fingerprint density at radius 3 is 2.66 bits per heavy atom. The van der Waals surface area contributed by atoms with Crippen molar-refractivity contribution in [1.29, 1.82) is 0 Å². The summed E-state index contributed by atoms with van der Waals surface area (Å²) in [5.74, 6) is -0.0602. The predicted octanol–water partition coefficient (Wildman–Crippen LogP) is 5.38. The summed E-state index contributed by atoms with van der Waals surface area (Å²) in [5.41, 5.74) is 0. The molecule has 6 heteroatoms. The molecule has 0 spiro atoms. The maximum absolute atomic E-state index is 11.1. The summed E-state index contributed by atoms with van der Waals surface area (Å²) in [6.45, 7) is 4.07. The van der Waals surface area contributed by atoms with E-state index in [1.807, 2.05) is 19.1 Å². The number of unbranched alkanes of at least 4 members (excludes halogenated alkanes) is 1. The Balaban J connectivity index is 2.57. The van der Waals surface area contributed by atoms with Gasteiger partial charge in [-0.3, -0.25) is 4.79 Å². The van der Waals surface area contributed by atoms with Gasteiger partial charge in [0.25, 0.3) is 0 Å². The highest BCUT2D eigenvalue weighted by molar-refractivity contribution is 6.24. The van der Waals surface area contributed by atoms with Crippen LogP contribution in [0.3, 0.4) is 0 Å². The number of allylic oxidation sites excluding steroid dienone is 2. The molecule has 0 amide bonds. The standard InChI is InChI=1S/C23H38Cl2O4/c1-4-15-23(25,5-2)21(27)13-10-12-18-17(19(24)16-20(18)26)11-8-6-7-9-14-22(28)29-3/h6,8,10,12,17-21,26-27H,4-5,7,9,11,13-16H2,1-3H3/b8-6-,12-10+/t17-,18-,19-,20-,21+,23?/m1/s1. The average Bonchev–Trinajstić information content (AvgIpc) is 2.96. The number of carbonyl (C=O) groups excluding carboxylic acids is 1. The Labute approximate surface area is 186 Å². The zero-order chi connectivity index (χ0) is 21.9. The maximum atomic E-state index is 11.1. The maximum Gasteiger partial charge on any atom is 0.305 e. The van der Waals surface area contributed by atoms with Crippen LogP contribution in [0.5, 0.6) is 0 Å². The summed E-state index contributed by atoms with van der Waals surface area (Å²) in [4.78, 5) is 10.5. The minimum atomic E-state index is -0.608. The average molecular weight is 449 g/mol. The van der Waals surface area contributed by atoms with Gasteiger partial charge in [-0.1, -0.05) is 44.6 Å². The fourth-order valence-corrected chi connectivity index (χ4v) is 4.80. The van der Waals surface area contributed by atoms with Gasteiger partial charge >= 0.3 is 5.97 Å². The van der Waals surface area contributed by atoms with E-state index in [-0.39, 0.29) is 23.2 Å². The quantitative estimate of drug-likeness (QED) is 0.172. The zero-order valence-electron chi connectivity index (χ0n) is 18.0. The number of rotatable bonds is 13. The first kappa shape index (κ1) is 26.5. The normalized spacial score (nSPS) is 28.1. The Hall–Kier alpha value is -0.550. The third-order valence-corrected chi connectivity index (χ3v) is 7.20. The van der Waals surface area contributed by atoms with Gasteiger partial charge in [-0.25, -0.2) is 0 Å². The molecule has 29 heavy (non-hydrogen) atoms. The first-order valence-corrected chi connectivity index (χ1v) is 11.7. The molecule has 1 saturated carbocycles. The molecule has 1 fully saturated rings. The lowest BCUT2D eigenvalue weighted by molar-refractivity contribution is -0.140. The van der Waals surface area contributed by atoms with Crippen LogP contribution in [0.2, 0.25) is 0 Å². The molecular formula is C23H38Cl2O4. The van der Waals surface area contributed by atoms with Crippen LogP contribution in [0.15, 0.2) is 24.3 Å². The fraction of sp³-hybridized carbons (Fsp3) is 0.783. The van der Waals surface area contributed by atoms with Gasteiger partial charge in [0.1, 0.15) is 0 Å². The van der Waals surface area contributed by atoms with Crippen molar-refractivity contribution in [2.45, 2.75) is 94.1 Å². The lowest BCUT2D eigenvalue weighted by Gasteiger charge is -2.30. The smallest absolute Gasteiger partial charge is 0.305 e. The van der Waals surface area contributed by atoms with Crippen molar-refractivity contribution in [2.24, 2.45) is 11.8 Å². The van der Waals surface area contributed by atoms with Crippen molar-refractivity contribution < 1.29 is 19.7 Å². The molecule has 0 aromatic heterocycles. The lowest BCUT2D eigenvalue weighted by Crippen LogP contribution is -2.35. The highest BCUT2D eigenvalue weighted by Gasteiger charge is 2.39. The number of alkyl halides is 2. The van der Waals surface area contributed by atoms with Gasteiger partial charge in [-0.15, -0.1) is 23.2 Å². The molecule has 4 nitrogen and oxygen atoms in total. The molecule has 1 aliphatic rings. The molecule has 0 radical (unpaired) electrons. The number of esters is 1. The van der Waals surface area contributed by atoms with Crippen molar-refractivity contribution >= 4 is 29.2 Å². The first-order valence-electron chi connectivity index (χ1n) is 10.9. The van der Waals surface area contributed by atoms with E-state index in [2.05, 4.69) is 23.8 Å². The fourth-order valence-electron chi connectivity index (χ4n) is 4.07. The van der Waals surface area contributed by atoms with E-state index < -0.39 is 17.1 Å². The van der Waals surface area contributed by atoms with Gasteiger partial charge in [0, 0.05) is 17.7 Å². The predicted molar refractivity (Wildman–Crippen MR) is 120 cm³/mol. The minimum absolute atomic E-state index is 0.0260. The molecule has 2 N–H and O–H groups in total. The molecule has 6 atom stereocenters. The van der Waals surface area contributed by atoms with Gasteiger partial charge in [-0.2, -0.15) is 0 Å². The molecule has 0 saturated heterocycles. The minimum Gasteiger partial charge on any atom is -0.469 e. The second-order valence-electron chi connectivity index (χ2n) is 8.05. The SMILES string of the molecule is CCCC(Cl)(CC)[C@@H](O)C/C=C/[C@@H]1[C@@H](C/C=C\CCCC(=O)OC)[C@H](Cl)C[C@H]1O. The van der Waals surface area contributed by atoms with E-state index in [0.717, 1.165) is 38.5 Å². The van der Waals surface area contributed by atoms with Gasteiger partial charge in [0.05, 0.1) is 24.2 Å². The molecule has 168 valence electrons. The highest BCUT2D eigenvalue weighted by Crippen LogP contribution is 2.40. The van der Waals surface area contributed by atoms with Crippen LogP contribution in [-0.2, 0) is 9.53 Å². The molecule has 0 aromatic rings. The zero-order valence-corrected chi connectivity index (χ0v) is 19.5. The number of halogens is 2. The van der Waals surface area contributed by atoms with E-state index in [4.69, 9.17) is 23.2 Å². The Morgan fingerprint density at radius 2 is 2.03 bits per heavy atom. The van der Waals surface area contributed by atoms with E-state index in [1.165, 1.54) is 7.11 Å². The van der Waals surface area contributed by atoms with Gasteiger partial charge in [0.15, 0.2) is 0 Å². The monoisotopic (exact) mass is 448 g/mol. The van der Waals surface area contributed by atoms with E-state index in [9.17, 15) is 15.0 Å². The number of aliphatic hydroxyl groups is 2. The van der Waals surface area contributed by atoms with Crippen LogP contribution in [0.1, 0.15) is 71.6 Å². The van der Waals surface area contributed by atoms with Crippen LogP contribution < -0.4 is 0 Å². The summed E-state index contributed by atoms with van der Waals surface area (Å²) >= 11 is 13.1. The van der Waals surface area contributed by atoms with E-state index in [0.29, 0.717) is 19.3 Å². The number of hydrogen-bond donors (Lipinski definition) is 2. The van der Waals surface area contributed by atoms with Crippen molar-refractivity contribution in [2.75, 3.05) is 7.11 Å². The van der Waals surface area contributed by atoms with Gasteiger partial charge < -0.3 is 14.9 Å². The van der Waals surface area contributed by atoms with Crippen LogP contribution in [0, 0.1) is 11.8 Å². The molecule has 0 heterocycles. The first-order chi connectivity index (χ1) is 13.8. The van der Waals surface area contributed by atoms with Crippen LogP contribution in [0.25, 0.3) is 0 Å². The summed E-state index contributed by atoms with van der Waals surface area (Å²) < 4.78 is 4.63. The highest BCUT2D eigenvalue weighted by atomic mass is 35.5. The molecule has 0 aliphatic heterocycles. The van der Waals surface area contributed by atoms with Crippen molar-refractivity contribution in [3.8, 4) is 0 Å². The second kappa shape index (κ2) is 13.7. The molecular weight excluding hydrogens is 411 g/mol. The Kier molecular flexibility index (Phi) is 12.5. The van der Waals surface area contributed by atoms with Crippen LogP contribution in [-0.4, -0.2) is 45.8 Å². The molecule has 1 aliphatic carbocycles. The molecule has 0 bridgehead atoms. The Bertz CT molecular complexity index is 537. The number of carbonyl (C=O) groups is 1. The number of ether oxygens (including phenoxy) is 1. The number of aliphatic hydroxyl groups excluding tert-OH is 2. The molecule has 1 rings (SSSR count). The summed E-state index contributed by atoms with van der Waals surface area (Å²) in [6, 6.07) is 0. The topological polar surface area (TPSA) is 66.8 Å². The number of methoxy groups -OCH3 is 1. The summed E-state index contributed by atoms with van der Waals surface area (Å²) in [7, 11) is 1.40. The molecule has 0 aromatic carbocycles. The second-order valence-corrected chi connectivity index (χ2v) is 9.37. The van der Waals surface area contributed by atoms with Crippen LogP contribution >= 0.6 is 23.2 Å². The van der Waals surface area contributed by atoms with E-state index in [1.54, 1.807) is 0 Å². The Morgan fingerprint density at radius 1 is 1.31 bits per heavy atom. The molecule has 1 unspecified atom stereocenters. The summed E-state index contributed by atoms with van der Waals surface area (Å²) in [5, 5.41) is 20.9. The third-order valence-electron chi connectivity index (χ3n) is 5.99. The van der Waals surface area contributed by atoms with Crippen molar-refractivity contribution in [3.63, 3.8) is 0 Å². The van der Waals surface area contributed by atoms with Crippen LogP contribution in [0.4, 0.5) is 0 Å². The van der Waals surface area contributed by atoms with Gasteiger partial charge in [0.2, 0.25) is 0 Å². The van der Waals surface area contributed by atoms with E-state index >= 15 is 0 Å². The third kappa shape index (κ3) is 8.61. The van der Waals surface area contributed by atoms with Crippen molar-refractivity contribution in [1.82, 2.24) is 0 Å². The summed E-state index contributed by atoms with van der Waals surface area (Å²) in [6.07, 6.45) is 13.3.